The van der Waals surface area contributed by atoms with Crippen LogP contribution in [0.25, 0.3) is 0 Å². The SMILES string of the molecule is CCCCC(CC)c1cscc1Cl. The first kappa shape index (κ1) is 11.1. The molecule has 1 aromatic heterocycles. The third kappa shape index (κ3) is 2.99. The maximum Gasteiger partial charge on any atom is 0.0547 e. The van der Waals surface area contributed by atoms with Gasteiger partial charge in [-0.25, -0.2) is 0 Å². The van der Waals surface area contributed by atoms with Gasteiger partial charge in [-0.2, -0.15) is 11.3 Å². The number of hydrogen-bond acceptors (Lipinski definition) is 1. The zero-order valence-electron chi connectivity index (χ0n) is 8.35. The van der Waals surface area contributed by atoms with Crippen LogP contribution in [0.15, 0.2) is 10.8 Å². The predicted molar refractivity (Wildman–Crippen MR) is 61.9 cm³/mol. The normalized spacial score (nSPS) is 13.2. The van der Waals surface area contributed by atoms with Crippen molar-refractivity contribution in [3.8, 4) is 0 Å². The molecular weight excluding hydrogens is 200 g/mol. The van der Waals surface area contributed by atoms with Crippen LogP contribution in [0.4, 0.5) is 0 Å². The minimum atomic E-state index is 0.679. The molecule has 0 fully saturated rings. The lowest BCUT2D eigenvalue weighted by Crippen LogP contribution is -1.95. The van der Waals surface area contributed by atoms with E-state index in [2.05, 4.69) is 19.2 Å². The molecule has 1 unspecified atom stereocenters. The highest BCUT2D eigenvalue weighted by molar-refractivity contribution is 7.08. The average molecular weight is 217 g/mol. The molecule has 0 aliphatic rings. The van der Waals surface area contributed by atoms with Crippen molar-refractivity contribution in [1.82, 2.24) is 0 Å². The molecule has 0 radical (unpaired) electrons. The van der Waals surface area contributed by atoms with Crippen molar-refractivity contribution in [3.05, 3.63) is 21.3 Å². The third-order valence-electron chi connectivity index (χ3n) is 2.48. The second kappa shape index (κ2) is 5.66. The number of unbranched alkanes of at least 4 members (excludes halogenated alkanes) is 1. The maximum atomic E-state index is 6.10. The van der Waals surface area contributed by atoms with Crippen LogP contribution in [-0.2, 0) is 0 Å². The van der Waals surface area contributed by atoms with Crippen LogP contribution in [0.3, 0.4) is 0 Å². The molecule has 0 spiro atoms. The van der Waals surface area contributed by atoms with Crippen molar-refractivity contribution in [3.63, 3.8) is 0 Å². The van der Waals surface area contributed by atoms with E-state index >= 15 is 0 Å². The first-order chi connectivity index (χ1) is 6.29. The summed E-state index contributed by atoms with van der Waals surface area (Å²) in [4.78, 5) is 0. The van der Waals surface area contributed by atoms with Gasteiger partial charge in [0.1, 0.15) is 0 Å². The van der Waals surface area contributed by atoms with E-state index in [4.69, 9.17) is 11.6 Å². The van der Waals surface area contributed by atoms with E-state index in [1.165, 1.54) is 31.2 Å². The Labute approximate surface area is 89.9 Å². The molecule has 0 nitrogen and oxygen atoms in total. The van der Waals surface area contributed by atoms with Crippen molar-refractivity contribution in [2.75, 3.05) is 0 Å². The fourth-order valence-corrected chi connectivity index (χ4v) is 2.83. The maximum absolute atomic E-state index is 6.10. The van der Waals surface area contributed by atoms with E-state index in [0.29, 0.717) is 5.92 Å². The largest absolute Gasteiger partial charge is 0.151 e. The van der Waals surface area contributed by atoms with Gasteiger partial charge in [-0.05, 0) is 29.7 Å². The van der Waals surface area contributed by atoms with Gasteiger partial charge in [0.2, 0.25) is 0 Å². The minimum Gasteiger partial charge on any atom is -0.151 e. The summed E-state index contributed by atoms with van der Waals surface area (Å²) in [6, 6.07) is 0. The summed E-state index contributed by atoms with van der Waals surface area (Å²) in [5.74, 6) is 0.679. The lowest BCUT2D eigenvalue weighted by molar-refractivity contribution is 0.571. The molecule has 0 bridgehead atoms. The van der Waals surface area contributed by atoms with Crippen molar-refractivity contribution in [1.29, 1.82) is 0 Å². The molecule has 0 N–H and O–H groups in total. The quantitative estimate of drug-likeness (QED) is 0.644. The predicted octanol–water partition coefficient (Wildman–Crippen LogP) is 5.09. The molecule has 0 aliphatic carbocycles. The average Bonchev–Trinajstić information content (AvgIpc) is 2.54. The summed E-state index contributed by atoms with van der Waals surface area (Å²) in [6.45, 7) is 4.48. The standard InChI is InChI=1S/C11H17ClS/c1-3-5-6-9(4-2)10-7-13-8-11(10)12/h7-9H,3-6H2,1-2H3. The molecule has 0 saturated carbocycles. The Kier molecular flexibility index (Phi) is 4.82. The van der Waals surface area contributed by atoms with E-state index < -0.39 is 0 Å². The molecule has 0 saturated heterocycles. The lowest BCUT2D eigenvalue weighted by Gasteiger charge is -2.13. The van der Waals surface area contributed by atoms with Gasteiger partial charge in [-0.15, -0.1) is 0 Å². The van der Waals surface area contributed by atoms with Gasteiger partial charge in [0.05, 0.1) is 5.02 Å². The zero-order chi connectivity index (χ0) is 9.68. The first-order valence-corrected chi connectivity index (χ1v) is 6.33. The fourth-order valence-electron chi connectivity index (χ4n) is 1.61. The molecule has 1 heterocycles. The Morgan fingerprint density at radius 1 is 1.38 bits per heavy atom. The Balaban J connectivity index is 2.61. The van der Waals surface area contributed by atoms with Gasteiger partial charge in [0.15, 0.2) is 0 Å². The van der Waals surface area contributed by atoms with Crippen LogP contribution < -0.4 is 0 Å². The van der Waals surface area contributed by atoms with Crippen LogP contribution in [0.2, 0.25) is 5.02 Å². The molecule has 1 rings (SSSR count). The van der Waals surface area contributed by atoms with Crippen LogP contribution in [0.5, 0.6) is 0 Å². The Bertz CT molecular complexity index is 242. The van der Waals surface area contributed by atoms with Gasteiger partial charge in [-0.3, -0.25) is 0 Å². The highest BCUT2D eigenvalue weighted by Crippen LogP contribution is 2.33. The smallest absolute Gasteiger partial charge is 0.0547 e. The van der Waals surface area contributed by atoms with Gasteiger partial charge in [0.25, 0.3) is 0 Å². The minimum absolute atomic E-state index is 0.679. The summed E-state index contributed by atoms with van der Waals surface area (Å²) in [5.41, 5.74) is 1.36. The van der Waals surface area contributed by atoms with Crippen LogP contribution in [-0.4, -0.2) is 0 Å². The number of hydrogen-bond donors (Lipinski definition) is 0. The molecular formula is C11H17ClS. The van der Waals surface area contributed by atoms with Crippen molar-refractivity contribution >= 4 is 22.9 Å². The van der Waals surface area contributed by atoms with Crippen molar-refractivity contribution < 1.29 is 0 Å². The van der Waals surface area contributed by atoms with Gasteiger partial charge >= 0.3 is 0 Å². The lowest BCUT2D eigenvalue weighted by atomic mass is 9.93. The second-order valence-corrected chi connectivity index (χ2v) is 4.57. The highest BCUT2D eigenvalue weighted by atomic mass is 35.5. The molecule has 0 aliphatic heterocycles. The summed E-state index contributed by atoms with van der Waals surface area (Å²) >= 11 is 7.81. The number of rotatable bonds is 5. The monoisotopic (exact) mass is 216 g/mol. The second-order valence-electron chi connectivity index (χ2n) is 3.42. The Morgan fingerprint density at radius 3 is 2.62 bits per heavy atom. The molecule has 2 heteroatoms. The number of thiophene rings is 1. The van der Waals surface area contributed by atoms with Gasteiger partial charge in [-0.1, -0.05) is 38.3 Å². The van der Waals surface area contributed by atoms with Crippen LogP contribution in [0.1, 0.15) is 51.0 Å². The van der Waals surface area contributed by atoms with Crippen molar-refractivity contribution in [2.45, 2.75) is 45.4 Å². The Hall–Kier alpha value is -0.0100. The molecule has 0 amide bonds. The van der Waals surface area contributed by atoms with E-state index in [9.17, 15) is 0 Å². The third-order valence-corrected chi connectivity index (χ3v) is 3.70. The molecule has 0 aromatic carbocycles. The molecule has 74 valence electrons. The van der Waals surface area contributed by atoms with E-state index in [1.54, 1.807) is 11.3 Å². The Morgan fingerprint density at radius 2 is 2.15 bits per heavy atom. The molecule has 1 atom stereocenters. The van der Waals surface area contributed by atoms with E-state index in [1.807, 2.05) is 5.38 Å². The fraction of sp³-hybridized carbons (Fsp3) is 0.636. The van der Waals surface area contributed by atoms with E-state index in [-0.39, 0.29) is 0 Å². The number of halogens is 1. The molecule has 1 aromatic rings. The van der Waals surface area contributed by atoms with Crippen LogP contribution >= 0.6 is 22.9 Å². The summed E-state index contributed by atoms with van der Waals surface area (Å²) in [5, 5.41) is 5.20. The first-order valence-electron chi connectivity index (χ1n) is 5.01. The molecule has 13 heavy (non-hydrogen) atoms. The van der Waals surface area contributed by atoms with Gasteiger partial charge < -0.3 is 0 Å². The van der Waals surface area contributed by atoms with Crippen molar-refractivity contribution in [2.24, 2.45) is 0 Å². The van der Waals surface area contributed by atoms with Crippen LogP contribution in [0, 0.1) is 0 Å². The van der Waals surface area contributed by atoms with Gasteiger partial charge in [0, 0.05) is 5.38 Å². The summed E-state index contributed by atoms with van der Waals surface area (Å²) in [7, 11) is 0. The van der Waals surface area contributed by atoms with E-state index in [0.717, 1.165) is 5.02 Å². The zero-order valence-corrected chi connectivity index (χ0v) is 9.92. The topological polar surface area (TPSA) is 0 Å². The highest BCUT2D eigenvalue weighted by Gasteiger charge is 2.12. The summed E-state index contributed by atoms with van der Waals surface area (Å²) in [6.07, 6.45) is 5.07. The summed E-state index contributed by atoms with van der Waals surface area (Å²) < 4.78 is 0.